The number of pyridine rings is 1. The van der Waals surface area contributed by atoms with E-state index in [0.717, 1.165) is 56.3 Å². The molecule has 2 aliphatic rings. The molecule has 0 saturated heterocycles. The van der Waals surface area contributed by atoms with Crippen LogP contribution in [0.3, 0.4) is 0 Å². The van der Waals surface area contributed by atoms with Gasteiger partial charge in [-0.15, -0.1) is 0 Å². The third kappa shape index (κ3) is 8.54. The fraction of sp³-hybridized carbons (Fsp3) is 0.618. The summed E-state index contributed by atoms with van der Waals surface area (Å²) in [5.41, 5.74) is 2.11. The first-order chi connectivity index (χ1) is 19.6. The van der Waals surface area contributed by atoms with E-state index < -0.39 is 17.4 Å². The lowest BCUT2D eigenvalue weighted by Crippen LogP contribution is -2.52. The van der Waals surface area contributed by atoms with Crippen molar-refractivity contribution in [3.63, 3.8) is 0 Å². The molecule has 1 fully saturated rings. The van der Waals surface area contributed by atoms with E-state index in [1.165, 1.54) is 37.7 Å². The predicted molar refractivity (Wildman–Crippen MR) is 163 cm³/mol. The highest BCUT2D eigenvalue weighted by molar-refractivity contribution is 5.97. The molecule has 7 nitrogen and oxygen atoms in total. The smallest absolute Gasteiger partial charge is 0.331 e. The lowest BCUT2D eigenvalue weighted by atomic mass is 9.88. The number of fused-ring (bicyclic) bond motifs is 1. The van der Waals surface area contributed by atoms with Crippen molar-refractivity contribution in [1.29, 1.82) is 0 Å². The zero-order valence-corrected chi connectivity index (χ0v) is 25.7. The van der Waals surface area contributed by atoms with E-state index in [-0.39, 0.29) is 17.7 Å². The lowest BCUT2D eigenvalue weighted by Gasteiger charge is -2.31. The van der Waals surface area contributed by atoms with Crippen molar-refractivity contribution in [3.05, 3.63) is 69.1 Å². The molecule has 2 aromatic rings. The van der Waals surface area contributed by atoms with Crippen LogP contribution in [0.5, 0.6) is 0 Å². The van der Waals surface area contributed by atoms with E-state index in [1.807, 2.05) is 22.8 Å². The van der Waals surface area contributed by atoms with Gasteiger partial charge < -0.3 is 19.1 Å². The zero-order chi connectivity index (χ0) is 29.5. The summed E-state index contributed by atoms with van der Waals surface area (Å²) in [5, 5.41) is 2.83. The van der Waals surface area contributed by atoms with Gasteiger partial charge >= 0.3 is 5.97 Å². The van der Waals surface area contributed by atoms with E-state index >= 15 is 0 Å². The predicted octanol–water partition coefficient (Wildman–Crippen LogP) is 5.42. The van der Waals surface area contributed by atoms with Crippen LogP contribution in [0, 0.1) is 5.92 Å². The fourth-order valence-electron chi connectivity index (χ4n) is 6.34. The molecule has 0 spiro atoms. The van der Waals surface area contributed by atoms with Gasteiger partial charge in [0.25, 0.3) is 11.5 Å². The molecule has 0 bridgehead atoms. The number of amides is 1. The van der Waals surface area contributed by atoms with Crippen molar-refractivity contribution in [2.75, 3.05) is 27.2 Å². The Kier molecular flexibility index (Phi) is 10.5. The molecule has 1 aromatic heterocycles. The van der Waals surface area contributed by atoms with Crippen LogP contribution in [0.4, 0.5) is 0 Å². The van der Waals surface area contributed by atoms with Gasteiger partial charge in [0.2, 0.25) is 0 Å². The number of carbonyl (C=O) groups is 2. The second-order valence-electron chi connectivity index (χ2n) is 13.4. The largest absolute Gasteiger partial charge is 0.458 e. The summed E-state index contributed by atoms with van der Waals surface area (Å²) in [4.78, 5) is 40.5. The minimum absolute atomic E-state index is 0.140. The minimum atomic E-state index is -1.27. The topological polar surface area (TPSA) is 77.4 Å². The Morgan fingerprint density at radius 2 is 1.63 bits per heavy atom. The molecule has 1 amide bonds. The summed E-state index contributed by atoms with van der Waals surface area (Å²) in [6.07, 6.45) is 12.2. The van der Waals surface area contributed by atoms with E-state index in [0.29, 0.717) is 23.5 Å². The average Bonchev–Trinajstić information content (AvgIpc) is 2.91. The van der Waals surface area contributed by atoms with Gasteiger partial charge in [-0.05, 0) is 69.9 Å². The van der Waals surface area contributed by atoms with Gasteiger partial charge in [0.1, 0.15) is 30.8 Å². The monoisotopic (exact) mass is 564 g/mol. The van der Waals surface area contributed by atoms with Crippen molar-refractivity contribution in [3.8, 4) is 0 Å². The number of aryl methyl sites for hydroxylation is 1. The number of nitrogens with zero attached hydrogens (tertiary/aromatic N) is 2. The Balaban J connectivity index is 1.45. The number of likely N-dealkylation sites (N-methyl/N-ethyl adjacent to an activating group) is 1. The summed E-state index contributed by atoms with van der Waals surface area (Å²) in [5.74, 6) is -0.524. The number of esters is 1. The standard InChI is InChI=1S/C34H49N3O4/c1-34(2,33(40)41-22-21-37(3,4)25-27-17-11-8-12-18-27)35-31(38)29-23-28-19-13-5-6-14-20-30(28)36(32(29)39)24-26-15-9-7-10-16-26/h8,11-12,17-18,23,26H,5-7,9-10,13-16,19-22,24-25H2,1-4H3/p+1. The average molecular weight is 565 g/mol. The Bertz CT molecular complexity index is 1240. The SMILES string of the molecule is CC(C)(NC(=O)c1cc2c(n(CC3CCCCC3)c1=O)CCCCCC2)C(=O)OCC[N+](C)(C)Cc1ccccc1. The summed E-state index contributed by atoms with van der Waals surface area (Å²) in [7, 11) is 4.21. The second kappa shape index (κ2) is 13.8. The van der Waals surface area contributed by atoms with Gasteiger partial charge in [0.05, 0.1) is 14.1 Å². The van der Waals surface area contributed by atoms with Gasteiger partial charge in [-0.25, -0.2) is 4.79 Å². The highest BCUT2D eigenvalue weighted by Gasteiger charge is 2.34. The van der Waals surface area contributed by atoms with Crippen molar-refractivity contribution in [2.24, 2.45) is 5.92 Å². The number of hydrogen-bond donors (Lipinski definition) is 1. The first-order valence-electron chi connectivity index (χ1n) is 15.7. The highest BCUT2D eigenvalue weighted by Crippen LogP contribution is 2.27. The van der Waals surface area contributed by atoms with Gasteiger partial charge in [-0.1, -0.05) is 62.4 Å². The van der Waals surface area contributed by atoms with Crippen molar-refractivity contribution < 1.29 is 18.8 Å². The maximum atomic E-state index is 13.8. The number of rotatable bonds is 10. The maximum absolute atomic E-state index is 13.8. The first kappa shape index (κ1) is 31.0. The van der Waals surface area contributed by atoms with Gasteiger partial charge in [-0.3, -0.25) is 9.59 Å². The summed E-state index contributed by atoms with van der Waals surface area (Å²) >= 11 is 0. The molecule has 2 aliphatic carbocycles. The Labute approximate surface area is 245 Å². The number of aromatic nitrogens is 1. The number of nitrogens with one attached hydrogen (secondary N) is 1. The molecule has 0 aliphatic heterocycles. The van der Waals surface area contributed by atoms with Crippen LogP contribution in [0.15, 0.2) is 41.2 Å². The van der Waals surface area contributed by atoms with Crippen LogP contribution in [-0.2, 0) is 35.5 Å². The summed E-state index contributed by atoms with van der Waals surface area (Å²) in [6, 6.07) is 12.0. The third-order valence-corrected chi connectivity index (χ3v) is 8.83. The molecule has 1 aromatic carbocycles. The molecular formula is C34H50N3O4+. The highest BCUT2D eigenvalue weighted by atomic mass is 16.5. The quantitative estimate of drug-likeness (QED) is 0.309. The van der Waals surface area contributed by atoms with Crippen LogP contribution >= 0.6 is 0 Å². The van der Waals surface area contributed by atoms with Crippen LogP contribution in [-0.4, -0.2) is 53.7 Å². The number of ether oxygens (including phenoxy) is 1. The van der Waals surface area contributed by atoms with Gasteiger partial charge in [-0.2, -0.15) is 0 Å². The molecule has 41 heavy (non-hydrogen) atoms. The van der Waals surface area contributed by atoms with Crippen molar-refractivity contribution in [2.45, 2.75) is 103 Å². The second-order valence-corrected chi connectivity index (χ2v) is 13.4. The molecule has 1 saturated carbocycles. The molecule has 4 rings (SSSR count). The molecule has 7 heteroatoms. The number of carbonyl (C=O) groups excluding carboxylic acids is 2. The van der Waals surface area contributed by atoms with Crippen LogP contribution in [0.25, 0.3) is 0 Å². The molecule has 0 unspecified atom stereocenters. The molecule has 0 radical (unpaired) electrons. The number of quaternary nitrogens is 1. The molecule has 1 heterocycles. The zero-order valence-electron chi connectivity index (χ0n) is 25.7. The molecule has 224 valence electrons. The van der Waals surface area contributed by atoms with E-state index in [1.54, 1.807) is 19.9 Å². The molecule has 1 N–H and O–H groups in total. The van der Waals surface area contributed by atoms with Gasteiger partial charge in [0.15, 0.2) is 0 Å². The maximum Gasteiger partial charge on any atom is 0.331 e. The normalized spacial score (nSPS) is 16.8. The Morgan fingerprint density at radius 3 is 2.34 bits per heavy atom. The summed E-state index contributed by atoms with van der Waals surface area (Å²) < 4.78 is 8.23. The Morgan fingerprint density at radius 1 is 0.976 bits per heavy atom. The third-order valence-electron chi connectivity index (χ3n) is 8.83. The van der Waals surface area contributed by atoms with Crippen LogP contribution < -0.4 is 10.9 Å². The van der Waals surface area contributed by atoms with Crippen molar-refractivity contribution >= 4 is 11.9 Å². The van der Waals surface area contributed by atoms with E-state index in [4.69, 9.17) is 4.74 Å². The summed E-state index contributed by atoms with van der Waals surface area (Å²) in [6.45, 7) is 5.68. The van der Waals surface area contributed by atoms with Gasteiger partial charge in [0, 0.05) is 17.8 Å². The fourth-order valence-corrected chi connectivity index (χ4v) is 6.34. The molecular weight excluding hydrogens is 514 g/mol. The van der Waals surface area contributed by atoms with E-state index in [9.17, 15) is 14.4 Å². The molecule has 0 atom stereocenters. The Hall–Kier alpha value is -2.93. The van der Waals surface area contributed by atoms with Crippen LogP contribution in [0.1, 0.15) is 98.8 Å². The van der Waals surface area contributed by atoms with Crippen molar-refractivity contribution in [1.82, 2.24) is 9.88 Å². The first-order valence-corrected chi connectivity index (χ1v) is 15.7. The minimum Gasteiger partial charge on any atom is -0.458 e. The van der Waals surface area contributed by atoms with E-state index in [2.05, 4.69) is 31.5 Å². The number of benzene rings is 1. The van der Waals surface area contributed by atoms with Crippen LogP contribution in [0.2, 0.25) is 0 Å². The number of hydrogen-bond acceptors (Lipinski definition) is 4. The lowest BCUT2D eigenvalue weighted by molar-refractivity contribution is -0.903.